The third kappa shape index (κ3) is 4.01. The van der Waals surface area contributed by atoms with Gasteiger partial charge in [0.25, 0.3) is 0 Å². The lowest BCUT2D eigenvalue weighted by Crippen LogP contribution is -2.37. The summed E-state index contributed by atoms with van der Waals surface area (Å²) in [6.45, 7) is 3.45. The van der Waals surface area contributed by atoms with Gasteiger partial charge >= 0.3 is 0 Å². The first kappa shape index (κ1) is 15.3. The number of anilines is 1. The summed E-state index contributed by atoms with van der Waals surface area (Å²) >= 11 is 0. The fraction of sp³-hybridized carbons (Fsp3) is 0.611. The molecule has 0 atom stereocenters. The molecule has 2 aromatic rings. The lowest BCUT2D eigenvalue weighted by atomic mass is 9.91. The maximum Gasteiger partial charge on any atom is 0.0651 e. The summed E-state index contributed by atoms with van der Waals surface area (Å²) in [7, 11) is 0. The molecule has 1 aromatic carbocycles. The molecule has 4 heteroatoms. The molecule has 3 N–H and O–H groups in total. The Hall–Kier alpha value is -1.55. The predicted octanol–water partition coefficient (Wildman–Crippen LogP) is 4.07. The van der Waals surface area contributed by atoms with E-state index in [4.69, 9.17) is 0 Å². The Labute approximate surface area is 133 Å². The molecule has 1 fully saturated rings. The second-order valence-corrected chi connectivity index (χ2v) is 6.53. The normalized spacial score (nSPS) is 22.0. The highest BCUT2D eigenvalue weighted by Gasteiger charge is 2.20. The van der Waals surface area contributed by atoms with E-state index in [9.17, 15) is 0 Å². The molecule has 3 rings (SSSR count). The Morgan fingerprint density at radius 1 is 1.14 bits per heavy atom. The fourth-order valence-corrected chi connectivity index (χ4v) is 3.39. The second-order valence-electron chi connectivity index (χ2n) is 6.53. The number of fused-ring (bicyclic) bond motifs is 1. The van der Waals surface area contributed by atoms with Gasteiger partial charge in [-0.05, 0) is 56.8 Å². The number of nitrogens with one attached hydrogen (secondary N) is 3. The van der Waals surface area contributed by atoms with Crippen molar-refractivity contribution in [2.75, 3.05) is 11.9 Å². The fourth-order valence-electron chi connectivity index (χ4n) is 3.39. The van der Waals surface area contributed by atoms with Crippen LogP contribution in [0.1, 0.15) is 51.9 Å². The molecule has 0 aliphatic heterocycles. The van der Waals surface area contributed by atoms with Crippen LogP contribution in [-0.4, -0.2) is 28.8 Å². The van der Waals surface area contributed by atoms with E-state index in [1.165, 1.54) is 62.6 Å². The Bertz CT molecular complexity index is 569. The molecule has 4 nitrogen and oxygen atoms in total. The molecular weight excluding hydrogens is 272 g/mol. The van der Waals surface area contributed by atoms with Crippen LogP contribution < -0.4 is 10.6 Å². The SMILES string of the molecule is CCCCCN[C@H]1CC[C@H](Nc2ccc3[nH]ncc3c2)CC1. The second kappa shape index (κ2) is 7.63. The zero-order valence-corrected chi connectivity index (χ0v) is 13.6. The number of H-pyrrole nitrogens is 1. The third-order valence-electron chi connectivity index (χ3n) is 4.75. The van der Waals surface area contributed by atoms with Gasteiger partial charge in [0, 0.05) is 23.2 Å². The Balaban J connectivity index is 1.43. The van der Waals surface area contributed by atoms with Crippen LogP contribution in [0.4, 0.5) is 5.69 Å². The van der Waals surface area contributed by atoms with Gasteiger partial charge in [-0.15, -0.1) is 0 Å². The van der Waals surface area contributed by atoms with E-state index in [0.717, 1.165) is 11.6 Å². The summed E-state index contributed by atoms with van der Waals surface area (Å²) in [6.07, 6.45) is 11.0. The van der Waals surface area contributed by atoms with Crippen molar-refractivity contribution < 1.29 is 0 Å². The van der Waals surface area contributed by atoms with Crippen LogP contribution in [0.2, 0.25) is 0 Å². The minimum atomic E-state index is 0.609. The summed E-state index contributed by atoms with van der Waals surface area (Å²) < 4.78 is 0. The topological polar surface area (TPSA) is 52.7 Å². The molecule has 0 radical (unpaired) electrons. The van der Waals surface area contributed by atoms with Crippen molar-refractivity contribution >= 4 is 16.6 Å². The van der Waals surface area contributed by atoms with E-state index in [1.807, 2.05) is 6.20 Å². The summed E-state index contributed by atoms with van der Waals surface area (Å²) in [6, 6.07) is 7.78. The highest BCUT2D eigenvalue weighted by atomic mass is 15.1. The van der Waals surface area contributed by atoms with Gasteiger partial charge < -0.3 is 10.6 Å². The van der Waals surface area contributed by atoms with Crippen molar-refractivity contribution in [2.45, 2.75) is 64.0 Å². The largest absolute Gasteiger partial charge is 0.382 e. The van der Waals surface area contributed by atoms with E-state index in [-0.39, 0.29) is 0 Å². The molecule has 1 aliphatic rings. The molecule has 22 heavy (non-hydrogen) atoms. The lowest BCUT2D eigenvalue weighted by molar-refractivity contribution is 0.352. The molecule has 0 amide bonds. The Morgan fingerprint density at radius 2 is 1.95 bits per heavy atom. The average molecular weight is 300 g/mol. The van der Waals surface area contributed by atoms with Gasteiger partial charge in [0.2, 0.25) is 0 Å². The highest BCUT2D eigenvalue weighted by molar-refractivity contribution is 5.81. The number of rotatable bonds is 7. The number of benzene rings is 1. The van der Waals surface area contributed by atoms with Gasteiger partial charge in [0.1, 0.15) is 0 Å². The summed E-state index contributed by atoms with van der Waals surface area (Å²) in [5.41, 5.74) is 2.32. The summed E-state index contributed by atoms with van der Waals surface area (Å²) in [4.78, 5) is 0. The molecule has 1 heterocycles. The average Bonchev–Trinajstić information content (AvgIpc) is 3.01. The molecule has 1 aromatic heterocycles. The molecular formula is C18H28N4. The number of nitrogens with zero attached hydrogens (tertiary/aromatic N) is 1. The number of aromatic amines is 1. The zero-order chi connectivity index (χ0) is 15.2. The van der Waals surface area contributed by atoms with Gasteiger partial charge in [0.15, 0.2) is 0 Å². The third-order valence-corrected chi connectivity index (χ3v) is 4.75. The molecule has 1 saturated carbocycles. The molecule has 0 spiro atoms. The maximum absolute atomic E-state index is 4.08. The summed E-state index contributed by atoms with van der Waals surface area (Å²) in [5, 5.41) is 15.7. The van der Waals surface area contributed by atoms with Crippen molar-refractivity contribution in [3.05, 3.63) is 24.4 Å². The standard InChI is InChI=1S/C18H28N4/c1-2-3-4-11-19-15-5-7-16(8-6-15)21-17-9-10-18-14(12-17)13-20-22-18/h9-10,12-13,15-16,19,21H,2-8,11H2,1H3,(H,20,22)/t15-,16-. The van der Waals surface area contributed by atoms with Crippen LogP contribution in [-0.2, 0) is 0 Å². The predicted molar refractivity (Wildman–Crippen MR) is 93.3 cm³/mol. The minimum absolute atomic E-state index is 0.609. The van der Waals surface area contributed by atoms with Gasteiger partial charge in [0.05, 0.1) is 11.7 Å². The smallest absolute Gasteiger partial charge is 0.0651 e. The molecule has 120 valence electrons. The minimum Gasteiger partial charge on any atom is -0.382 e. The first-order valence-electron chi connectivity index (χ1n) is 8.78. The van der Waals surface area contributed by atoms with Gasteiger partial charge in [-0.1, -0.05) is 19.8 Å². The van der Waals surface area contributed by atoms with Crippen LogP contribution in [0.25, 0.3) is 10.9 Å². The first-order valence-corrected chi connectivity index (χ1v) is 8.78. The van der Waals surface area contributed by atoms with Crippen molar-refractivity contribution in [3.63, 3.8) is 0 Å². The van der Waals surface area contributed by atoms with Gasteiger partial charge in [-0.3, -0.25) is 5.10 Å². The van der Waals surface area contributed by atoms with E-state index in [0.29, 0.717) is 6.04 Å². The van der Waals surface area contributed by atoms with Gasteiger partial charge in [-0.2, -0.15) is 5.10 Å². The van der Waals surface area contributed by atoms with Crippen molar-refractivity contribution in [1.29, 1.82) is 0 Å². The van der Waals surface area contributed by atoms with Crippen molar-refractivity contribution in [1.82, 2.24) is 15.5 Å². The zero-order valence-electron chi connectivity index (χ0n) is 13.6. The van der Waals surface area contributed by atoms with Crippen LogP contribution in [0.15, 0.2) is 24.4 Å². The molecule has 0 saturated heterocycles. The molecule has 0 bridgehead atoms. The quantitative estimate of drug-likeness (QED) is 0.676. The number of hydrogen-bond donors (Lipinski definition) is 3. The molecule has 1 aliphatic carbocycles. The lowest BCUT2D eigenvalue weighted by Gasteiger charge is -2.30. The number of hydrogen-bond acceptors (Lipinski definition) is 3. The number of unbranched alkanes of at least 4 members (excludes halogenated alkanes) is 2. The van der Waals surface area contributed by atoms with Gasteiger partial charge in [-0.25, -0.2) is 0 Å². The van der Waals surface area contributed by atoms with Crippen molar-refractivity contribution in [2.24, 2.45) is 0 Å². The number of aromatic nitrogens is 2. The van der Waals surface area contributed by atoms with E-state index >= 15 is 0 Å². The monoisotopic (exact) mass is 300 g/mol. The molecule has 0 unspecified atom stereocenters. The maximum atomic E-state index is 4.08. The van der Waals surface area contributed by atoms with Crippen LogP contribution in [0.3, 0.4) is 0 Å². The van der Waals surface area contributed by atoms with Crippen LogP contribution in [0, 0.1) is 0 Å². The van der Waals surface area contributed by atoms with Crippen LogP contribution >= 0.6 is 0 Å². The Kier molecular flexibility index (Phi) is 5.33. The van der Waals surface area contributed by atoms with Crippen molar-refractivity contribution in [3.8, 4) is 0 Å². The van der Waals surface area contributed by atoms with E-state index in [2.05, 4.69) is 46.0 Å². The van der Waals surface area contributed by atoms with E-state index < -0.39 is 0 Å². The summed E-state index contributed by atoms with van der Waals surface area (Å²) in [5.74, 6) is 0. The van der Waals surface area contributed by atoms with E-state index in [1.54, 1.807) is 0 Å². The Morgan fingerprint density at radius 3 is 2.77 bits per heavy atom. The first-order chi connectivity index (χ1) is 10.8. The van der Waals surface area contributed by atoms with Crippen LogP contribution in [0.5, 0.6) is 0 Å². The highest BCUT2D eigenvalue weighted by Crippen LogP contribution is 2.24.